The molecule has 0 aliphatic rings. The van der Waals surface area contributed by atoms with Gasteiger partial charge in [0.1, 0.15) is 11.3 Å². The molecule has 0 radical (unpaired) electrons. The molecule has 0 aromatic carbocycles. The van der Waals surface area contributed by atoms with E-state index in [0.717, 1.165) is 6.54 Å². The lowest BCUT2D eigenvalue weighted by Gasteiger charge is -2.04. The third-order valence-corrected chi connectivity index (χ3v) is 2.57. The number of anilines is 2. The maximum absolute atomic E-state index is 11.8. The van der Waals surface area contributed by atoms with Gasteiger partial charge in [0.25, 0.3) is 5.91 Å². The van der Waals surface area contributed by atoms with Crippen LogP contribution in [0, 0.1) is 0 Å². The number of carbonyl (C=O) groups excluding carboxylic acids is 1. The highest BCUT2D eigenvalue weighted by Crippen LogP contribution is 2.12. The Morgan fingerprint density at radius 1 is 1.53 bits per heavy atom. The minimum absolute atomic E-state index is 0.219. The Kier molecular flexibility index (Phi) is 3.61. The topological polar surface area (TPSA) is 79.8 Å². The first-order chi connectivity index (χ1) is 8.29. The van der Waals surface area contributed by atoms with Gasteiger partial charge >= 0.3 is 0 Å². The van der Waals surface area contributed by atoms with E-state index in [2.05, 4.69) is 25.8 Å². The lowest BCUT2D eigenvalue weighted by Crippen LogP contribution is -2.12. The SMILES string of the molecule is CCNc1cc(C(=O)Nc2nncs2)ccn1. The molecule has 7 heteroatoms. The molecule has 2 N–H and O–H groups in total. The van der Waals surface area contributed by atoms with Gasteiger partial charge in [-0.25, -0.2) is 4.98 Å². The fourth-order valence-electron chi connectivity index (χ4n) is 1.25. The molecule has 0 unspecified atom stereocenters. The molecule has 2 aromatic rings. The average Bonchev–Trinajstić information content (AvgIpc) is 2.83. The summed E-state index contributed by atoms with van der Waals surface area (Å²) in [5.74, 6) is 0.459. The zero-order valence-electron chi connectivity index (χ0n) is 9.17. The van der Waals surface area contributed by atoms with E-state index in [0.29, 0.717) is 16.5 Å². The molecule has 6 nitrogen and oxygen atoms in total. The van der Waals surface area contributed by atoms with Crippen LogP contribution in [0.25, 0.3) is 0 Å². The molecule has 2 rings (SSSR count). The Hall–Kier alpha value is -2.02. The molecule has 0 atom stereocenters. The highest BCUT2D eigenvalue weighted by molar-refractivity contribution is 7.13. The number of hydrogen-bond acceptors (Lipinski definition) is 6. The second-order valence-electron chi connectivity index (χ2n) is 3.16. The van der Waals surface area contributed by atoms with E-state index < -0.39 is 0 Å². The van der Waals surface area contributed by atoms with Gasteiger partial charge in [0.05, 0.1) is 0 Å². The van der Waals surface area contributed by atoms with Crippen molar-refractivity contribution in [2.24, 2.45) is 0 Å². The summed E-state index contributed by atoms with van der Waals surface area (Å²) in [7, 11) is 0. The molecule has 2 heterocycles. The molecule has 0 saturated carbocycles. The van der Waals surface area contributed by atoms with Gasteiger partial charge in [0, 0.05) is 18.3 Å². The summed E-state index contributed by atoms with van der Waals surface area (Å²) in [6.07, 6.45) is 1.59. The summed E-state index contributed by atoms with van der Waals surface area (Å²) < 4.78 is 0. The van der Waals surface area contributed by atoms with Crippen LogP contribution in [0.2, 0.25) is 0 Å². The van der Waals surface area contributed by atoms with Crippen LogP contribution in [0.3, 0.4) is 0 Å². The van der Waals surface area contributed by atoms with E-state index in [-0.39, 0.29) is 5.91 Å². The number of rotatable bonds is 4. The summed E-state index contributed by atoms with van der Waals surface area (Å²) >= 11 is 1.27. The lowest BCUT2D eigenvalue weighted by atomic mass is 10.2. The number of aromatic nitrogens is 3. The van der Waals surface area contributed by atoms with E-state index in [4.69, 9.17) is 0 Å². The number of nitrogens with zero attached hydrogens (tertiary/aromatic N) is 3. The van der Waals surface area contributed by atoms with Crippen molar-refractivity contribution in [2.75, 3.05) is 17.2 Å². The zero-order valence-corrected chi connectivity index (χ0v) is 9.99. The lowest BCUT2D eigenvalue weighted by molar-refractivity contribution is 0.102. The van der Waals surface area contributed by atoms with Gasteiger partial charge in [0.2, 0.25) is 5.13 Å². The number of amides is 1. The molecule has 17 heavy (non-hydrogen) atoms. The van der Waals surface area contributed by atoms with Crippen LogP contribution < -0.4 is 10.6 Å². The van der Waals surface area contributed by atoms with Crippen LogP contribution in [-0.4, -0.2) is 27.6 Å². The van der Waals surface area contributed by atoms with E-state index in [9.17, 15) is 4.79 Å². The monoisotopic (exact) mass is 249 g/mol. The van der Waals surface area contributed by atoms with Gasteiger partial charge in [-0.05, 0) is 19.1 Å². The molecule has 2 aromatic heterocycles. The molecule has 0 saturated heterocycles. The highest BCUT2D eigenvalue weighted by atomic mass is 32.1. The van der Waals surface area contributed by atoms with Crippen molar-refractivity contribution < 1.29 is 4.79 Å². The van der Waals surface area contributed by atoms with Crippen LogP contribution in [0.4, 0.5) is 10.9 Å². The molecule has 0 spiro atoms. The van der Waals surface area contributed by atoms with Crippen LogP contribution in [0.1, 0.15) is 17.3 Å². The van der Waals surface area contributed by atoms with Gasteiger partial charge in [0.15, 0.2) is 0 Å². The van der Waals surface area contributed by atoms with Crippen molar-refractivity contribution in [2.45, 2.75) is 6.92 Å². The second-order valence-corrected chi connectivity index (χ2v) is 3.99. The van der Waals surface area contributed by atoms with E-state index in [1.165, 1.54) is 11.3 Å². The van der Waals surface area contributed by atoms with Crippen LogP contribution >= 0.6 is 11.3 Å². The van der Waals surface area contributed by atoms with Crippen molar-refractivity contribution in [1.29, 1.82) is 0 Å². The number of hydrogen-bond donors (Lipinski definition) is 2. The van der Waals surface area contributed by atoms with Crippen molar-refractivity contribution in [3.05, 3.63) is 29.4 Å². The first-order valence-corrected chi connectivity index (χ1v) is 5.95. The van der Waals surface area contributed by atoms with Gasteiger partial charge in [-0.3, -0.25) is 10.1 Å². The molecule has 1 amide bonds. The third kappa shape index (κ3) is 2.97. The minimum atomic E-state index is -0.219. The van der Waals surface area contributed by atoms with Crippen molar-refractivity contribution >= 4 is 28.2 Å². The van der Waals surface area contributed by atoms with Crippen molar-refractivity contribution in [3.8, 4) is 0 Å². The molecule has 0 bridgehead atoms. The molecule has 0 aliphatic carbocycles. The largest absolute Gasteiger partial charge is 0.370 e. The number of pyridine rings is 1. The van der Waals surface area contributed by atoms with Gasteiger partial charge < -0.3 is 5.32 Å². The smallest absolute Gasteiger partial charge is 0.257 e. The maximum atomic E-state index is 11.8. The summed E-state index contributed by atoms with van der Waals surface area (Å²) in [4.78, 5) is 15.9. The Labute approximate surface area is 102 Å². The second kappa shape index (κ2) is 5.35. The third-order valence-electron chi connectivity index (χ3n) is 1.96. The van der Waals surface area contributed by atoms with Crippen LogP contribution in [-0.2, 0) is 0 Å². The Balaban J connectivity index is 2.11. The van der Waals surface area contributed by atoms with Crippen molar-refractivity contribution in [1.82, 2.24) is 15.2 Å². The quantitative estimate of drug-likeness (QED) is 0.860. The van der Waals surface area contributed by atoms with Gasteiger partial charge in [-0.1, -0.05) is 11.3 Å². The normalized spacial score (nSPS) is 9.94. The van der Waals surface area contributed by atoms with E-state index >= 15 is 0 Å². The standard InChI is InChI=1S/C10H11N5OS/c1-2-11-8-5-7(3-4-12-8)9(16)14-10-15-13-6-17-10/h3-6H,2H2,1H3,(H,11,12)(H,14,15,16). The van der Waals surface area contributed by atoms with E-state index in [1.54, 1.807) is 23.8 Å². The predicted octanol–water partition coefficient (Wildman–Crippen LogP) is 1.62. The molecule has 88 valence electrons. The maximum Gasteiger partial charge on any atom is 0.257 e. The molecule has 0 aliphatic heterocycles. The Morgan fingerprint density at radius 3 is 3.12 bits per heavy atom. The summed E-state index contributed by atoms with van der Waals surface area (Å²) in [6, 6.07) is 3.34. The zero-order chi connectivity index (χ0) is 12.1. The van der Waals surface area contributed by atoms with Gasteiger partial charge in [-0.15, -0.1) is 10.2 Å². The first-order valence-electron chi connectivity index (χ1n) is 5.07. The number of nitrogens with one attached hydrogen (secondary N) is 2. The Morgan fingerprint density at radius 2 is 2.41 bits per heavy atom. The molecular weight excluding hydrogens is 238 g/mol. The van der Waals surface area contributed by atoms with E-state index in [1.807, 2.05) is 6.92 Å². The fraction of sp³-hybridized carbons (Fsp3) is 0.200. The average molecular weight is 249 g/mol. The predicted molar refractivity (Wildman–Crippen MR) is 66.3 cm³/mol. The summed E-state index contributed by atoms with van der Waals surface area (Å²) in [6.45, 7) is 2.73. The van der Waals surface area contributed by atoms with Gasteiger partial charge in [-0.2, -0.15) is 0 Å². The highest BCUT2D eigenvalue weighted by Gasteiger charge is 2.08. The summed E-state index contributed by atoms with van der Waals surface area (Å²) in [5, 5.41) is 13.6. The molecule has 0 fully saturated rings. The Bertz CT molecular complexity index is 499. The van der Waals surface area contributed by atoms with Crippen LogP contribution in [0.15, 0.2) is 23.8 Å². The number of carbonyl (C=O) groups is 1. The fourth-order valence-corrected chi connectivity index (χ4v) is 1.69. The van der Waals surface area contributed by atoms with Crippen molar-refractivity contribution in [3.63, 3.8) is 0 Å². The van der Waals surface area contributed by atoms with Crippen LogP contribution in [0.5, 0.6) is 0 Å². The minimum Gasteiger partial charge on any atom is -0.370 e. The first kappa shape index (κ1) is 11.5. The molecular formula is C10H11N5OS. The summed E-state index contributed by atoms with van der Waals surface area (Å²) in [5.41, 5.74) is 2.10.